The lowest BCUT2D eigenvalue weighted by atomic mass is 9.98. The van der Waals surface area contributed by atoms with Crippen molar-refractivity contribution in [2.75, 3.05) is 26.7 Å². The van der Waals surface area contributed by atoms with Crippen LogP contribution in [0.2, 0.25) is 0 Å². The van der Waals surface area contributed by atoms with Gasteiger partial charge in [0.25, 0.3) is 0 Å². The summed E-state index contributed by atoms with van der Waals surface area (Å²) in [6.07, 6.45) is 5.79. The van der Waals surface area contributed by atoms with E-state index in [2.05, 4.69) is 9.71 Å². The monoisotopic (exact) mass is 420 g/mol. The van der Waals surface area contributed by atoms with E-state index in [1.165, 1.54) is 19.2 Å². The number of likely N-dealkylation sites (tertiary alicyclic amines) is 1. The van der Waals surface area contributed by atoms with E-state index in [9.17, 15) is 13.2 Å². The molecule has 0 radical (unpaired) electrons. The Bertz CT molecular complexity index is 924. The van der Waals surface area contributed by atoms with Crippen LogP contribution in [0.15, 0.2) is 41.6 Å². The average molecular weight is 421 g/mol. The van der Waals surface area contributed by atoms with Gasteiger partial charge in [0, 0.05) is 45.0 Å². The summed E-state index contributed by atoms with van der Waals surface area (Å²) in [5.74, 6) is 1.70. The first kappa shape index (κ1) is 21.3. The second-order valence-electron chi connectivity index (χ2n) is 7.29. The summed E-state index contributed by atoms with van der Waals surface area (Å²) < 4.78 is 34.7. The lowest BCUT2D eigenvalue weighted by Gasteiger charge is -2.33. The number of aryl methyl sites for hydroxylation is 2. The number of nitrogens with zero attached hydrogens (tertiary/aromatic N) is 3. The Kier molecular flexibility index (Phi) is 6.92. The number of carbonyl (C=O) groups excluding carboxylic acids is 1. The molecule has 1 aliphatic rings. The number of piperidine rings is 1. The van der Waals surface area contributed by atoms with Gasteiger partial charge in [-0.05, 0) is 49.9 Å². The minimum atomic E-state index is -3.59. The van der Waals surface area contributed by atoms with Crippen LogP contribution >= 0.6 is 0 Å². The van der Waals surface area contributed by atoms with Gasteiger partial charge in [-0.3, -0.25) is 4.79 Å². The fraction of sp³-hybridized carbons (Fsp3) is 0.500. The maximum Gasteiger partial charge on any atom is 0.240 e. The van der Waals surface area contributed by atoms with Crippen LogP contribution in [0.3, 0.4) is 0 Å². The third-order valence-corrected chi connectivity index (χ3v) is 6.73. The van der Waals surface area contributed by atoms with Crippen molar-refractivity contribution in [2.45, 2.75) is 37.6 Å². The van der Waals surface area contributed by atoms with Crippen molar-refractivity contribution < 1.29 is 17.9 Å². The first-order valence-corrected chi connectivity index (χ1v) is 11.3. The Morgan fingerprint density at radius 1 is 1.31 bits per heavy atom. The zero-order valence-electron chi connectivity index (χ0n) is 16.9. The van der Waals surface area contributed by atoms with Crippen molar-refractivity contribution in [1.82, 2.24) is 19.2 Å². The SMILES string of the molecule is COc1ccc(S(=O)(=O)NC[C@@H]2CCCN(C(=O)CCn3ccnc3C)C2)cc1. The number of methoxy groups -OCH3 is 1. The highest BCUT2D eigenvalue weighted by Crippen LogP contribution is 2.19. The number of hydrogen-bond acceptors (Lipinski definition) is 5. The fourth-order valence-electron chi connectivity index (χ4n) is 3.54. The van der Waals surface area contributed by atoms with Crippen molar-refractivity contribution in [1.29, 1.82) is 0 Å². The molecule has 1 amide bonds. The van der Waals surface area contributed by atoms with Gasteiger partial charge in [-0.2, -0.15) is 0 Å². The third-order valence-electron chi connectivity index (χ3n) is 5.29. The predicted molar refractivity (Wildman–Crippen MR) is 109 cm³/mol. The number of nitrogens with one attached hydrogen (secondary N) is 1. The molecule has 0 bridgehead atoms. The Morgan fingerprint density at radius 3 is 2.72 bits per heavy atom. The largest absolute Gasteiger partial charge is 0.497 e. The molecule has 1 N–H and O–H groups in total. The van der Waals surface area contributed by atoms with Crippen LogP contribution in [0.4, 0.5) is 0 Å². The van der Waals surface area contributed by atoms with Gasteiger partial charge in [0.2, 0.25) is 15.9 Å². The van der Waals surface area contributed by atoms with E-state index in [0.717, 1.165) is 25.2 Å². The normalized spacial score (nSPS) is 17.3. The van der Waals surface area contributed by atoms with Crippen molar-refractivity contribution in [3.8, 4) is 5.75 Å². The Hall–Kier alpha value is -2.39. The van der Waals surface area contributed by atoms with Gasteiger partial charge in [-0.25, -0.2) is 18.1 Å². The Morgan fingerprint density at radius 2 is 2.07 bits per heavy atom. The van der Waals surface area contributed by atoms with Gasteiger partial charge >= 0.3 is 0 Å². The standard InChI is InChI=1S/C20H28N4O4S/c1-16-21-10-13-23(16)12-9-20(25)24-11-3-4-17(15-24)14-22-29(26,27)19-7-5-18(28-2)6-8-19/h5-8,10,13,17,22H,3-4,9,11-12,14-15H2,1-2H3/t17-/m0/s1. The van der Waals surface area contributed by atoms with Crippen molar-refractivity contribution in [3.63, 3.8) is 0 Å². The summed E-state index contributed by atoms with van der Waals surface area (Å²) in [6, 6.07) is 6.29. The highest BCUT2D eigenvalue weighted by atomic mass is 32.2. The van der Waals surface area contributed by atoms with Gasteiger partial charge in [0.15, 0.2) is 0 Å². The molecule has 8 nitrogen and oxygen atoms in total. The highest BCUT2D eigenvalue weighted by Gasteiger charge is 2.25. The molecule has 1 atom stereocenters. The number of sulfonamides is 1. The van der Waals surface area contributed by atoms with E-state index in [-0.39, 0.29) is 16.7 Å². The number of rotatable bonds is 8. The fourth-order valence-corrected chi connectivity index (χ4v) is 4.65. The van der Waals surface area contributed by atoms with Crippen LogP contribution < -0.4 is 9.46 Å². The molecule has 0 saturated carbocycles. The van der Waals surface area contributed by atoms with E-state index in [0.29, 0.717) is 31.8 Å². The Labute approximate surface area is 171 Å². The molecule has 2 heterocycles. The zero-order chi connectivity index (χ0) is 20.9. The second kappa shape index (κ2) is 9.41. The molecular weight excluding hydrogens is 392 g/mol. The topological polar surface area (TPSA) is 93.5 Å². The molecule has 1 fully saturated rings. The summed E-state index contributed by atoms with van der Waals surface area (Å²) in [5, 5.41) is 0. The maximum absolute atomic E-state index is 12.6. The summed E-state index contributed by atoms with van der Waals surface area (Å²) >= 11 is 0. The van der Waals surface area contributed by atoms with E-state index in [1.54, 1.807) is 18.3 Å². The zero-order valence-corrected chi connectivity index (χ0v) is 17.7. The molecule has 1 aromatic heterocycles. The van der Waals surface area contributed by atoms with Crippen LogP contribution in [0.1, 0.15) is 25.1 Å². The first-order chi connectivity index (χ1) is 13.9. The Balaban J connectivity index is 1.51. The first-order valence-electron chi connectivity index (χ1n) is 9.78. The van der Waals surface area contributed by atoms with Crippen LogP contribution in [0.5, 0.6) is 5.75 Å². The number of imidazole rings is 1. The number of ether oxygens (including phenoxy) is 1. The molecule has 158 valence electrons. The maximum atomic E-state index is 12.6. The van der Waals surface area contributed by atoms with Gasteiger partial charge in [0.1, 0.15) is 11.6 Å². The van der Waals surface area contributed by atoms with Gasteiger partial charge < -0.3 is 14.2 Å². The minimum Gasteiger partial charge on any atom is -0.497 e. The highest BCUT2D eigenvalue weighted by molar-refractivity contribution is 7.89. The van der Waals surface area contributed by atoms with Crippen molar-refractivity contribution in [2.24, 2.45) is 5.92 Å². The van der Waals surface area contributed by atoms with E-state index < -0.39 is 10.0 Å². The van der Waals surface area contributed by atoms with Gasteiger partial charge in [0.05, 0.1) is 12.0 Å². The van der Waals surface area contributed by atoms with Crippen LogP contribution in [-0.4, -0.2) is 55.5 Å². The quantitative estimate of drug-likeness (QED) is 0.703. The van der Waals surface area contributed by atoms with Crippen LogP contribution in [0.25, 0.3) is 0 Å². The number of aromatic nitrogens is 2. The minimum absolute atomic E-state index is 0.0980. The molecule has 9 heteroatoms. The lowest BCUT2D eigenvalue weighted by Crippen LogP contribution is -2.43. The summed E-state index contributed by atoms with van der Waals surface area (Å²) in [7, 11) is -2.05. The molecule has 1 saturated heterocycles. The molecule has 1 aromatic carbocycles. The summed E-state index contributed by atoms with van der Waals surface area (Å²) in [5.41, 5.74) is 0. The van der Waals surface area contributed by atoms with Gasteiger partial charge in [-0.1, -0.05) is 0 Å². The van der Waals surface area contributed by atoms with Crippen LogP contribution in [-0.2, 0) is 21.4 Å². The summed E-state index contributed by atoms with van der Waals surface area (Å²) in [4.78, 5) is 18.8. The lowest BCUT2D eigenvalue weighted by molar-refractivity contribution is -0.133. The van der Waals surface area contributed by atoms with Crippen molar-refractivity contribution in [3.05, 3.63) is 42.5 Å². The number of amides is 1. The molecule has 0 spiro atoms. The molecule has 29 heavy (non-hydrogen) atoms. The van der Waals surface area contributed by atoms with Crippen molar-refractivity contribution >= 4 is 15.9 Å². The van der Waals surface area contributed by atoms with E-state index >= 15 is 0 Å². The second-order valence-corrected chi connectivity index (χ2v) is 9.06. The average Bonchev–Trinajstić information content (AvgIpc) is 3.15. The van der Waals surface area contributed by atoms with E-state index in [4.69, 9.17) is 4.74 Å². The number of carbonyl (C=O) groups is 1. The summed E-state index contributed by atoms with van der Waals surface area (Å²) in [6.45, 7) is 4.14. The molecular formula is C20H28N4O4S. The molecule has 0 unspecified atom stereocenters. The predicted octanol–water partition coefficient (Wildman–Crippen LogP) is 1.81. The van der Waals surface area contributed by atoms with Gasteiger partial charge in [-0.15, -0.1) is 0 Å². The number of hydrogen-bond donors (Lipinski definition) is 1. The molecule has 2 aromatic rings. The molecule has 0 aliphatic carbocycles. The number of benzene rings is 1. The molecule has 1 aliphatic heterocycles. The smallest absolute Gasteiger partial charge is 0.240 e. The van der Waals surface area contributed by atoms with Crippen LogP contribution in [0, 0.1) is 12.8 Å². The van der Waals surface area contributed by atoms with E-state index in [1.807, 2.05) is 22.6 Å². The molecule has 3 rings (SSSR count). The third kappa shape index (κ3) is 5.57.